The summed E-state index contributed by atoms with van der Waals surface area (Å²) in [5.74, 6) is 2.06. The van der Waals surface area contributed by atoms with Gasteiger partial charge in [-0.05, 0) is 74.1 Å². The molecule has 0 radical (unpaired) electrons. The van der Waals surface area contributed by atoms with Gasteiger partial charge in [-0.1, -0.05) is 24.3 Å². The van der Waals surface area contributed by atoms with Crippen LogP contribution in [0.15, 0.2) is 54.9 Å². The van der Waals surface area contributed by atoms with E-state index in [9.17, 15) is 4.79 Å². The van der Waals surface area contributed by atoms with E-state index in [1.807, 2.05) is 43.9 Å². The molecular weight excluding hydrogens is 456 g/mol. The average molecular weight is 491 g/mol. The van der Waals surface area contributed by atoms with E-state index in [-0.39, 0.29) is 12.1 Å². The Kier molecular flexibility index (Phi) is 7.38. The third-order valence-electron chi connectivity index (χ3n) is 6.33. The van der Waals surface area contributed by atoms with Crippen molar-refractivity contribution in [3.63, 3.8) is 0 Å². The molecule has 0 fully saturated rings. The summed E-state index contributed by atoms with van der Waals surface area (Å²) in [6.07, 6.45) is 4.50. The first kappa shape index (κ1) is 25.4. The van der Waals surface area contributed by atoms with Crippen LogP contribution in [-0.2, 0) is 17.6 Å². The van der Waals surface area contributed by atoms with Gasteiger partial charge in [-0.2, -0.15) is 0 Å². The molecule has 2 heterocycles. The fourth-order valence-electron chi connectivity index (χ4n) is 4.61. The van der Waals surface area contributed by atoms with Crippen molar-refractivity contribution in [1.29, 1.82) is 0 Å². The third kappa shape index (κ3) is 5.40. The van der Waals surface area contributed by atoms with Crippen molar-refractivity contribution in [3.8, 4) is 28.4 Å². The van der Waals surface area contributed by atoms with Crippen LogP contribution in [0.25, 0.3) is 11.1 Å². The van der Waals surface area contributed by atoms with Gasteiger partial charge in [0.1, 0.15) is 11.4 Å². The molecule has 1 unspecified atom stereocenters. The lowest BCUT2D eigenvalue weighted by molar-refractivity contribution is 0.0141. The second-order valence-corrected chi connectivity index (χ2v) is 9.82. The molecule has 1 aliphatic heterocycles. The first-order valence-electron chi connectivity index (χ1n) is 12.1. The second kappa shape index (κ2) is 10.5. The SMILES string of the molecule is COc1cc2c(cc1OC)C(Cc1ccc(-c3ccncc3OC)cc1)N(C(=O)OC(C)(C)C)CC2. The van der Waals surface area contributed by atoms with E-state index in [1.165, 1.54) is 0 Å². The molecule has 7 heteroatoms. The Labute approximate surface area is 213 Å². The summed E-state index contributed by atoms with van der Waals surface area (Å²) in [6.45, 7) is 6.22. The number of carbonyl (C=O) groups is 1. The topological polar surface area (TPSA) is 70.1 Å². The number of methoxy groups -OCH3 is 3. The molecule has 1 aliphatic rings. The fraction of sp³-hybridized carbons (Fsp3) is 0.379. The zero-order valence-corrected chi connectivity index (χ0v) is 21.8. The van der Waals surface area contributed by atoms with Crippen molar-refractivity contribution in [2.45, 2.75) is 45.3 Å². The molecule has 0 bridgehead atoms. The van der Waals surface area contributed by atoms with E-state index in [0.29, 0.717) is 30.9 Å². The minimum absolute atomic E-state index is 0.204. The van der Waals surface area contributed by atoms with Crippen LogP contribution in [0.2, 0.25) is 0 Å². The zero-order chi connectivity index (χ0) is 25.9. The Balaban J connectivity index is 1.69. The minimum Gasteiger partial charge on any atom is -0.494 e. The number of rotatable bonds is 6. The number of benzene rings is 2. The normalized spacial score (nSPS) is 15.2. The molecule has 7 nitrogen and oxygen atoms in total. The van der Waals surface area contributed by atoms with E-state index >= 15 is 0 Å². The Morgan fingerprint density at radius 2 is 1.64 bits per heavy atom. The summed E-state index contributed by atoms with van der Waals surface area (Å²) >= 11 is 0. The maximum atomic E-state index is 13.2. The van der Waals surface area contributed by atoms with Crippen molar-refractivity contribution < 1.29 is 23.7 Å². The van der Waals surface area contributed by atoms with E-state index in [2.05, 4.69) is 29.2 Å². The smallest absolute Gasteiger partial charge is 0.410 e. The summed E-state index contributed by atoms with van der Waals surface area (Å²) < 4.78 is 22.4. The van der Waals surface area contributed by atoms with Gasteiger partial charge in [0.2, 0.25) is 0 Å². The molecule has 36 heavy (non-hydrogen) atoms. The van der Waals surface area contributed by atoms with Crippen molar-refractivity contribution in [2.24, 2.45) is 0 Å². The molecule has 0 spiro atoms. The lowest BCUT2D eigenvalue weighted by Crippen LogP contribution is -2.43. The molecule has 190 valence electrons. The van der Waals surface area contributed by atoms with Gasteiger partial charge >= 0.3 is 6.09 Å². The van der Waals surface area contributed by atoms with Crippen molar-refractivity contribution in [2.75, 3.05) is 27.9 Å². The summed E-state index contributed by atoms with van der Waals surface area (Å²) in [4.78, 5) is 19.2. The number of amides is 1. The largest absolute Gasteiger partial charge is 0.494 e. The van der Waals surface area contributed by atoms with Crippen LogP contribution in [0.5, 0.6) is 17.2 Å². The monoisotopic (exact) mass is 490 g/mol. The molecular formula is C29H34N2O5. The van der Waals surface area contributed by atoms with E-state index in [0.717, 1.165) is 33.6 Å². The van der Waals surface area contributed by atoms with Gasteiger partial charge in [0.05, 0.1) is 33.6 Å². The predicted molar refractivity (Wildman–Crippen MR) is 139 cm³/mol. The lowest BCUT2D eigenvalue weighted by atomic mass is 9.88. The highest BCUT2D eigenvalue weighted by Crippen LogP contribution is 2.40. The Bertz CT molecular complexity index is 1220. The number of ether oxygens (including phenoxy) is 4. The Morgan fingerprint density at radius 3 is 2.28 bits per heavy atom. The summed E-state index contributed by atoms with van der Waals surface area (Å²) in [6, 6.07) is 14.1. The van der Waals surface area contributed by atoms with Crippen LogP contribution >= 0.6 is 0 Å². The van der Waals surface area contributed by atoms with Gasteiger partial charge in [-0.15, -0.1) is 0 Å². The zero-order valence-electron chi connectivity index (χ0n) is 21.8. The number of hydrogen-bond donors (Lipinski definition) is 0. The highest BCUT2D eigenvalue weighted by molar-refractivity contribution is 5.71. The highest BCUT2D eigenvalue weighted by Gasteiger charge is 2.34. The predicted octanol–water partition coefficient (Wildman–Crippen LogP) is 5.85. The van der Waals surface area contributed by atoms with Gasteiger partial charge in [0.25, 0.3) is 0 Å². The van der Waals surface area contributed by atoms with Crippen molar-refractivity contribution >= 4 is 6.09 Å². The maximum Gasteiger partial charge on any atom is 0.410 e. The molecule has 1 aromatic heterocycles. The van der Waals surface area contributed by atoms with E-state index < -0.39 is 5.60 Å². The molecule has 1 atom stereocenters. The lowest BCUT2D eigenvalue weighted by Gasteiger charge is -2.38. The van der Waals surface area contributed by atoms with Gasteiger partial charge < -0.3 is 23.8 Å². The van der Waals surface area contributed by atoms with Crippen LogP contribution in [0.3, 0.4) is 0 Å². The number of aromatic nitrogens is 1. The van der Waals surface area contributed by atoms with Crippen LogP contribution in [0.4, 0.5) is 4.79 Å². The molecule has 3 aromatic rings. The second-order valence-electron chi connectivity index (χ2n) is 9.82. The van der Waals surface area contributed by atoms with E-state index in [4.69, 9.17) is 18.9 Å². The maximum absolute atomic E-state index is 13.2. The van der Waals surface area contributed by atoms with Crippen LogP contribution < -0.4 is 14.2 Å². The summed E-state index contributed by atoms with van der Waals surface area (Å²) in [5.41, 5.74) is 4.74. The third-order valence-corrected chi connectivity index (χ3v) is 6.33. The van der Waals surface area contributed by atoms with Crippen LogP contribution in [0, 0.1) is 0 Å². The minimum atomic E-state index is -0.579. The Hall–Kier alpha value is -3.74. The average Bonchev–Trinajstić information content (AvgIpc) is 2.87. The van der Waals surface area contributed by atoms with Crippen molar-refractivity contribution in [3.05, 3.63) is 71.5 Å². The number of carbonyl (C=O) groups excluding carboxylic acids is 1. The quantitative estimate of drug-likeness (QED) is 0.432. The number of hydrogen-bond acceptors (Lipinski definition) is 6. The molecule has 1 amide bonds. The first-order chi connectivity index (χ1) is 17.2. The first-order valence-corrected chi connectivity index (χ1v) is 12.1. The fourth-order valence-corrected chi connectivity index (χ4v) is 4.61. The molecule has 2 aromatic carbocycles. The van der Waals surface area contributed by atoms with Gasteiger partial charge in [-0.3, -0.25) is 4.98 Å². The van der Waals surface area contributed by atoms with Gasteiger partial charge in [0, 0.05) is 18.3 Å². The highest BCUT2D eigenvalue weighted by atomic mass is 16.6. The van der Waals surface area contributed by atoms with Crippen molar-refractivity contribution in [1.82, 2.24) is 9.88 Å². The molecule has 4 rings (SSSR count). The Morgan fingerprint density at radius 1 is 0.972 bits per heavy atom. The molecule has 0 aliphatic carbocycles. The van der Waals surface area contributed by atoms with Gasteiger partial charge in [-0.25, -0.2) is 4.79 Å². The number of fused-ring (bicyclic) bond motifs is 1. The summed E-state index contributed by atoms with van der Waals surface area (Å²) in [5, 5.41) is 0. The molecule has 0 N–H and O–H groups in total. The number of nitrogens with zero attached hydrogens (tertiary/aromatic N) is 2. The van der Waals surface area contributed by atoms with Crippen LogP contribution in [-0.4, -0.2) is 49.5 Å². The number of pyridine rings is 1. The van der Waals surface area contributed by atoms with Gasteiger partial charge in [0.15, 0.2) is 11.5 Å². The van der Waals surface area contributed by atoms with Crippen LogP contribution in [0.1, 0.15) is 43.5 Å². The van der Waals surface area contributed by atoms with E-state index in [1.54, 1.807) is 33.7 Å². The standard InChI is InChI=1S/C29H34N2O5/c1-29(2,3)36-28(32)31-14-12-21-16-25(33-4)26(34-5)17-23(21)24(31)15-19-7-9-20(10-8-19)22-11-13-30-18-27(22)35-6/h7-11,13,16-18,24H,12,14-15H2,1-6H3. The molecule has 0 saturated heterocycles. The summed E-state index contributed by atoms with van der Waals surface area (Å²) in [7, 11) is 4.90. The molecule has 0 saturated carbocycles.